The number of aryl methyl sites for hydroxylation is 1. The van der Waals surface area contributed by atoms with Gasteiger partial charge in [0.05, 0.1) is 23.7 Å². The Morgan fingerprint density at radius 1 is 1.18 bits per heavy atom. The Bertz CT molecular complexity index is 1350. The molecule has 0 aliphatic rings. The van der Waals surface area contributed by atoms with Gasteiger partial charge in [-0.05, 0) is 62.9 Å². The van der Waals surface area contributed by atoms with Crippen molar-refractivity contribution in [2.45, 2.75) is 83.1 Å². The summed E-state index contributed by atoms with van der Waals surface area (Å²) in [6.07, 6.45) is 7.53. The molecular weight excluding hydrogens is 500 g/mol. The fourth-order valence-corrected chi connectivity index (χ4v) is 4.99. The van der Waals surface area contributed by atoms with E-state index in [1.54, 1.807) is 25.1 Å². The first-order chi connectivity index (χ1) is 18.2. The van der Waals surface area contributed by atoms with Crippen molar-refractivity contribution in [3.8, 4) is 11.5 Å². The molecule has 0 spiro atoms. The van der Waals surface area contributed by atoms with Gasteiger partial charge in [0, 0.05) is 22.4 Å². The maximum absolute atomic E-state index is 12.9. The third-order valence-corrected chi connectivity index (χ3v) is 6.86. The molecule has 0 fully saturated rings. The van der Waals surface area contributed by atoms with Crippen LogP contribution < -0.4 is 10.2 Å². The van der Waals surface area contributed by atoms with E-state index in [-0.39, 0.29) is 17.0 Å². The number of carbonyl (C=O) groups is 1. The fraction of sp³-hybridized carbons (Fsp3) is 0.419. The number of unbranched alkanes of at least 4 members (excludes halogenated alkanes) is 1. The number of ether oxygens (including phenoxy) is 1. The van der Waals surface area contributed by atoms with Crippen LogP contribution in [0.2, 0.25) is 0 Å². The normalized spacial score (nSPS) is 13.2. The number of benzene rings is 2. The van der Waals surface area contributed by atoms with Crippen LogP contribution in [-0.4, -0.2) is 28.7 Å². The van der Waals surface area contributed by atoms with Gasteiger partial charge in [-0.15, -0.1) is 12.6 Å². The van der Waals surface area contributed by atoms with Crippen LogP contribution in [0, 0.1) is 6.92 Å². The van der Waals surface area contributed by atoms with Crippen molar-refractivity contribution >= 4 is 29.4 Å². The van der Waals surface area contributed by atoms with E-state index in [9.17, 15) is 19.8 Å². The lowest BCUT2D eigenvalue weighted by atomic mass is 9.87. The Morgan fingerprint density at radius 3 is 2.63 bits per heavy atom. The summed E-state index contributed by atoms with van der Waals surface area (Å²) in [6, 6.07) is 8.34. The highest BCUT2D eigenvalue weighted by molar-refractivity contribution is 7.80. The van der Waals surface area contributed by atoms with Crippen LogP contribution in [0.15, 0.2) is 56.6 Å². The summed E-state index contributed by atoms with van der Waals surface area (Å²) in [5.41, 5.74) is 1.93. The molecule has 3 aromatic rings. The number of aliphatic hydroxyl groups excluding tert-OH is 1. The average molecular weight is 539 g/mol. The Hall–Kier alpha value is -3.03. The topological polar surface area (TPSA) is 97.0 Å². The number of hydrogen-bond acceptors (Lipinski definition) is 7. The molecule has 7 heteroatoms. The molecule has 0 bridgehead atoms. The number of fused-ring (bicyclic) bond motifs is 1. The summed E-state index contributed by atoms with van der Waals surface area (Å²) in [4.78, 5) is 25.4. The van der Waals surface area contributed by atoms with E-state index >= 15 is 0 Å². The lowest BCUT2D eigenvalue weighted by molar-refractivity contribution is 0.101. The van der Waals surface area contributed by atoms with Crippen molar-refractivity contribution in [1.29, 1.82) is 0 Å². The van der Waals surface area contributed by atoms with Gasteiger partial charge in [-0.25, -0.2) is 0 Å². The Balaban J connectivity index is 1.85. The molecule has 3 rings (SSSR count). The monoisotopic (exact) mass is 538 g/mol. The predicted molar refractivity (Wildman–Crippen MR) is 154 cm³/mol. The fourth-order valence-electron chi connectivity index (χ4n) is 4.73. The van der Waals surface area contributed by atoms with Crippen molar-refractivity contribution in [2.75, 3.05) is 6.61 Å². The number of aliphatic hydroxyl groups is 1. The van der Waals surface area contributed by atoms with Gasteiger partial charge in [-0.1, -0.05) is 45.3 Å². The zero-order valence-corrected chi connectivity index (χ0v) is 23.5. The zero-order chi connectivity index (χ0) is 27.8. The summed E-state index contributed by atoms with van der Waals surface area (Å²) in [5.74, 6) is 0.455. The van der Waals surface area contributed by atoms with Crippen molar-refractivity contribution < 1.29 is 24.2 Å². The van der Waals surface area contributed by atoms with Crippen LogP contribution in [0.5, 0.6) is 11.5 Å². The van der Waals surface area contributed by atoms with Crippen molar-refractivity contribution in [3.05, 3.63) is 75.2 Å². The number of phenolic OH excluding ortho intramolecular Hbond substituents is 1. The molecule has 0 amide bonds. The Kier molecular flexibility index (Phi) is 10.6. The number of thiol groups is 1. The van der Waals surface area contributed by atoms with E-state index in [4.69, 9.17) is 9.15 Å². The molecule has 204 valence electrons. The van der Waals surface area contributed by atoms with E-state index in [1.807, 2.05) is 25.1 Å². The zero-order valence-electron chi connectivity index (χ0n) is 22.6. The lowest BCUT2D eigenvalue weighted by Gasteiger charge is -2.22. The molecule has 1 heterocycles. The van der Waals surface area contributed by atoms with Crippen LogP contribution in [0.25, 0.3) is 11.0 Å². The van der Waals surface area contributed by atoms with Gasteiger partial charge in [0.1, 0.15) is 22.8 Å². The Labute approximate surface area is 229 Å². The van der Waals surface area contributed by atoms with Crippen LogP contribution in [0.4, 0.5) is 0 Å². The molecule has 0 saturated carbocycles. The molecule has 2 atom stereocenters. The number of aromatic hydroxyl groups is 1. The molecule has 0 aliphatic heterocycles. The molecule has 6 nitrogen and oxygen atoms in total. The second kappa shape index (κ2) is 13.7. The summed E-state index contributed by atoms with van der Waals surface area (Å²) >= 11 is 4.52. The number of carbonyl (C=O) groups excluding carboxylic acids is 1. The second-order valence-electron chi connectivity index (χ2n) is 9.67. The highest BCUT2D eigenvalue weighted by atomic mass is 32.1. The third-order valence-electron chi connectivity index (χ3n) is 6.60. The van der Waals surface area contributed by atoms with Crippen molar-refractivity contribution in [3.63, 3.8) is 0 Å². The average Bonchev–Trinajstić information content (AvgIpc) is 2.85. The Morgan fingerprint density at radius 2 is 1.95 bits per heavy atom. The first kappa shape index (κ1) is 29.5. The van der Waals surface area contributed by atoms with Gasteiger partial charge < -0.3 is 19.4 Å². The van der Waals surface area contributed by atoms with E-state index in [2.05, 4.69) is 19.6 Å². The quantitative estimate of drug-likeness (QED) is 0.0947. The van der Waals surface area contributed by atoms with Gasteiger partial charge in [-0.2, -0.15) is 0 Å². The van der Waals surface area contributed by atoms with Gasteiger partial charge in [0.2, 0.25) is 0 Å². The van der Waals surface area contributed by atoms with Crippen molar-refractivity contribution in [1.82, 2.24) is 0 Å². The summed E-state index contributed by atoms with van der Waals surface area (Å²) < 4.78 is 11.8. The minimum atomic E-state index is -0.682. The van der Waals surface area contributed by atoms with Crippen LogP contribution >= 0.6 is 12.6 Å². The minimum absolute atomic E-state index is 0.0147. The SMILES string of the molecule is CCCC[C@H](O)[C@H](C=CCCOc1ccc(C(C)=O)c(O)c1CCC)c1cc(S)cc2oc(C)cc(=O)c12. The molecule has 0 aliphatic carbocycles. The molecule has 1 aromatic heterocycles. The van der Waals surface area contributed by atoms with Gasteiger partial charge >= 0.3 is 0 Å². The molecular formula is C31H38O6S. The van der Waals surface area contributed by atoms with E-state index in [0.717, 1.165) is 19.3 Å². The number of ketones is 1. The predicted octanol–water partition coefficient (Wildman–Crippen LogP) is 6.91. The molecule has 38 heavy (non-hydrogen) atoms. The maximum Gasteiger partial charge on any atom is 0.193 e. The van der Waals surface area contributed by atoms with Gasteiger partial charge in [0.15, 0.2) is 11.2 Å². The van der Waals surface area contributed by atoms with Crippen LogP contribution in [0.3, 0.4) is 0 Å². The first-order valence-electron chi connectivity index (χ1n) is 13.3. The molecule has 2 N–H and O–H groups in total. The van der Waals surface area contributed by atoms with Gasteiger partial charge in [-0.3, -0.25) is 9.59 Å². The number of hydrogen-bond donors (Lipinski definition) is 3. The molecule has 2 aromatic carbocycles. The second-order valence-corrected chi connectivity index (χ2v) is 10.2. The number of Topliss-reactive ketones (excluding diaryl/α,β-unsaturated/α-hetero) is 1. The minimum Gasteiger partial charge on any atom is -0.507 e. The van der Waals surface area contributed by atoms with E-state index in [1.165, 1.54) is 13.0 Å². The first-order valence-corrected chi connectivity index (χ1v) is 13.7. The van der Waals surface area contributed by atoms with Crippen LogP contribution in [0.1, 0.15) is 86.0 Å². The highest BCUT2D eigenvalue weighted by Gasteiger charge is 2.23. The largest absolute Gasteiger partial charge is 0.507 e. The van der Waals surface area contributed by atoms with Crippen LogP contribution in [-0.2, 0) is 6.42 Å². The number of rotatable bonds is 13. The standard InChI is InChI=1S/C31H38O6S/c1-5-7-12-26(33)23(25-17-21(38)18-29-30(25)27(34)16-19(3)37-29)11-8-9-15-36-28-14-13-22(20(4)32)31(35)24(28)10-6-2/h8,11,13-14,16-18,23,26,33,35,38H,5-7,9-10,12,15H2,1-4H3/t23-,26+/m1/s1. The molecule has 0 radical (unpaired) electrons. The summed E-state index contributed by atoms with van der Waals surface area (Å²) in [6.45, 7) is 7.58. The lowest BCUT2D eigenvalue weighted by Crippen LogP contribution is -2.19. The molecule has 0 saturated heterocycles. The maximum atomic E-state index is 12.9. The van der Waals surface area contributed by atoms with Gasteiger partial charge in [0.25, 0.3) is 0 Å². The van der Waals surface area contributed by atoms with E-state index < -0.39 is 12.0 Å². The molecule has 0 unspecified atom stereocenters. The highest BCUT2D eigenvalue weighted by Crippen LogP contribution is 2.34. The van der Waals surface area contributed by atoms with Crippen molar-refractivity contribution in [2.24, 2.45) is 0 Å². The summed E-state index contributed by atoms with van der Waals surface area (Å²) in [5, 5.41) is 22.2. The summed E-state index contributed by atoms with van der Waals surface area (Å²) in [7, 11) is 0. The smallest absolute Gasteiger partial charge is 0.193 e. The van der Waals surface area contributed by atoms with E-state index in [0.29, 0.717) is 69.9 Å². The third kappa shape index (κ3) is 7.08. The number of phenols is 1.